The Balaban J connectivity index is 1.49. The van der Waals surface area contributed by atoms with Gasteiger partial charge in [0.05, 0.1) is 21.3 Å². The van der Waals surface area contributed by atoms with Crippen LogP contribution in [-0.2, 0) is 0 Å². The molecule has 1 saturated carbocycles. The number of nitrogens with zero attached hydrogens (tertiary/aromatic N) is 2. The van der Waals surface area contributed by atoms with Crippen LogP contribution in [0.3, 0.4) is 0 Å². The van der Waals surface area contributed by atoms with Gasteiger partial charge in [0, 0.05) is 42.0 Å². The van der Waals surface area contributed by atoms with E-state index in [0.717, 1.165) is 51.7 Å². The Hall–Kier alpha value is -3.26. The summed E-state index contributed by atoms with van der Waals surface area (Å²) in [5.74, 6) is 0.938. The summed E-state index contributed by atoms with van der Waals surface area (Å²) in [7, 11) is 4.53. The summed E-state index contributed by atoms with van der Waals surface area (Å²) in [5, 5.41) is 2.91. The number of amides is 2. The predicted octanol–water partition coefficient (Wildman–Crippen LogP) is 4.44. The highest BCUT2D eigenvalue weighted by atomic mass is 16.5. The van der Waals surface area contributed by atoms with Gasteiger partial charge in [0.1, 0.15) is 0 Å². The second-order valence-electron chi connectivity index (χ2n) is 9.47. The highest BCUT2D eigenvalue weighted by Gasteiger charge is 2.39. The predicted molar refractivity (Wildman–Crippen MR) is 139 cm³/mol. The lowest BCUT2D eigenvalue weighted by molar-refractivity contribution is 0.0549. The number of carbonyl (C=O) groups excluding carboxylic acids is 2. The van der Waals surface area contributed by atoms with Crippen molar-refractivity contribution >= 4 is 17.5 Å². The minimum Gasteiger partial charge on any atom is -0.493 e. The normalized spacial score (nSPS) is 16.3. The SMILES string of the molecule is CCCN1CCC(N(C(=O)c2cccc(NC(=O)c3cc(OC)c(OC)c(OC)c3)c2)C2CC2)CC1. The minimum absolute atomic E-state index is 0.0512. The van der Waals surface area contributed by atoms with Gasteiger partial charge in [0.2, 0.25) is 5.75 Å². The molecule has 4 rings (SSSR count). The Bertz CT molecular complexity index is 1050. The quantitative estimate of drug-likeness (QED) is 0.525. The molecule has 1 N–H and O–H groups in total. The van der Waals surface area contributed by atoms with E-state index in [0.29, 0.717) is 40.1 Å². The summed E-state index contributed by atoms with van der Waals surface area (Å²) in [6, 6.07) is 11.0. The van der Waals surface area contributed by atoms with Crippen molar-refractivity contribution in [2.24, 2.45) is 0 Å². The molecule has 8 heteroatoms. The number of benzene rings is 2. The molecule has 1 aliphatic carbocycles. The van der Waals surface area contributed by atoms with Gasteiger partial charge in [-0.1, -0.05) is 13.0 Å². The van der Waals surface area contributed by atoms with Gasteiger partial charge >= 0.3 is 0 Å². The van der Waals surface area contributed by atoms with Crippen LogP contribution < -0.4 is 19.5 Å². The molecule has 2 aromatic rings. The summed E-state index contributed by atoms with van der Waals surface area (Å²) < 4.78 is 16.1. The second kappa shape index (κ2) is 11.6. The van der Waals surface area contributed by atoms with Crippen LogP contribution >= 0.6 is 0 Å². The van der Waals surface area contributed by atoms with Crippen molar-refractivity contribution in [2.45, 2.75) is 51.1 Å². The molecule has 0 spiro atoms. The van der Waals surface area contributed by atoms with Crippen molar-refractivity contribution in [3.63, 3.8) is 0 Å². The van der Waals surface area contributed by atoms with Crippen LogP contribution in [0.25, 0.3) is 0 Å². The first-order chi connectivity index (χ1) is 17.5. The average Bonchev–Trinajstić information content (AvgIpc) is 3.74. The summed E-state index contributed by atoms with van der Waals surface area (Å²) >= 11 is 0. The lowest BCUT2D eigenvalue weighted by Crippen LogP contribution is -2.48. The minimum atomic E-state index is -0.332. The molecule has 2 aromatic carbocycles. The van der Waals surface area contributed by atoms with Crippen molar-refractivity contribution in [2.75, 3.05) is 46.3 Å². The number of hydrogen-bond donors (Lipinski definition) is 1. The van der Waals surface area contributed by atoms with Crippen molar-refractivity contribution in [1.82, 2.24) is 9.80 Å². The smallest absolute Gasteiger partial charge is 0.255 e. The number of hydrogen-bond acceptors (Lipinski definition) is 6. The van der Waals surface area contributed by atoms with Crippen LogP contribution in [0.15, 0.2) is 36.4 Å². The Labute approximate surface area is 213 Å². The van der Waals surface area contributed by atoms with Gasteiger partial charge < -0.3 is 29.3 Å². The van der Waals surface area contributed by atoms with Crippen molar-refractivity contribution in [1.29, 1.82) is 0 Å². The van der Waals surface area contributed by atoms with E-state index >= 15 is 0 Å². The summed E-state index contributed by atoms with van der Waals surface area (Å²) in [6.07, 6.45) is 5.32. The zero-order chi connectivity index (χ0) is 25.7. The van der Waals surface area contributed by atoms with Gasteiger partial charge in [-0.15, -0.1) is 0 Å². The molecule has 1 saturated heterocycles. The molecule has 2 fully saturated rings. The highest BCUT2D eigenvalue weighted by molar-refractivity contribution is 6.06. The van der Waals surface area contributed by atoms with E-state index in [1.54, 1.807) is 24.3 Å². The van der Waals surface area contributed by atoms with Crippen LogP contribution in [0.2, 0.25) is 0 Å². The third-order valence-electron chi connectivity index (χ3n) is 6.96. The van der Waals surface area contributed by atoms with Crippen molar-refractivity contribution < 1.29 is 23.8 Å². The van der Waals surface area contributed by atoms with Gasteiger partial charge in [-0.2, -0.15) is 0 Å². The van der Waals surface area contributed by atoms with E-state index < -0.39 is 0 Å². The molecule has 0 radical (unpaired) electrons. The van der Waals surface area contributed by atoms with E-state index in [-0.39, 0.29) is 17.9 Å². The zero-order valence-electron chi connectivity index (χ0n) is 21.7. The molecular weight excluding hydrogens is 458 g/mol. The molecular formula is C28H37N3O5. The van der Waals surface area contributed by atoms with Gasteiger partial charge in [0.25, 0.3) is 11.8 Å². The number of nitrogens with one attached hydrogen (secondary N) is 1. The standard InChI is InChI=1S/C28H37N3O5/c1-5-13-30-14-11-23(12-15-30)31(22-9-10-22)28(33)19-7-6-8-21(16-19)29-27(32)20-17-24(34-2)26(36-4)25(18-20)35-3/h6-8,16-18,22-23H,5,9-15H2,1-4H3,(H,29,32). The molecule has 1 aliphatic heterocycles. The largest absolute Gasteiger partial charge is 0.493 e. The molecule has 1 heterocycles. The van der Waals surface area contributed by atoms with E-state index in [2.05, 4.69) is 22.0 Å². The lowest BCUT2D eigenvalue weighted by Gasteiger charge is -2.39. The molecule has 8 nitrogen and oxygen atoms in total. The topological polar surface area (TPSA) is 80.3 Å². The fraction of sp³-hybridized carbons (Fsp3) is 0.500. The zero-order valence-corrected chi connectivity index (χ0v) is 21.7. The number of methoxy groups -OCH3 is 3. The molecule has 0 atom stereocenters. The van der Waals surface area contributed by atoms with Crippen molar-refractivity contribution in [3.8, 4) is 17.2 Å². The maximum atomic E-state index is 13.6. The summed E-state index contributed by atoms with van der Waals surface area (Å²) in [6.45, 7) is 5.41. The van der Waals surface area contributed by atoms with Gasteiger partial charge in [-0.25, -0.2) is 0 Å². The molecule has 2 aliphatic rings. The molecule has 194 valence electrons. The molecule has 2 amide bonds. The fourth-order valence-corrected chi connectivity index (χ4v) is 5.01. The Morgan fingerprint density at radius 2 is 1.56 bits per heavy atom. The van der Waals surface area contributed by atoms with Crippen LogP contribution in [0.4, 0.5) is 5.69 Å². The van der Waals surface area contributed by atoms with E-state index in [4.69, 9.17) is 14.2 Å². The monoisotopic (exact) mass is 495 g/mol. The first kappa shape index (κ1) is 25.8. The molecule has 0 aromatic heterocycles. The maximum absolute atomic E-state index is 13.6. The third kappa shape index (κ3) is 5.75. The number of carbonyl (C=O) groups is 2. The van der Waals surface area contributed by atoms with Gasteiger partial charge in [-0.05, 0) is 69.0 Å². The lowest BCUT2D eigenvalue weighted by atomic mass is 10.0. The van der Waals surface area contributed by atoms with Crippen LogP contribution in [-0.4, -0.2) is 74.7 Å². The Morgan fingerprint density at radius 1 is 0.917 bits per heavy atom. The van der Waals surface area contributed by atoms with Gasteiger partial charge in [-0.3, -0.25) is 9.59 Å². The van der Waals surface area contributed by atoms with E-state index in [9.17, 15) is 9.59 Å². The fourth-order valence-electron chi connectivity index (χ4n) is 5.01. The van der Waals surface area contributed by atoms with Crippen LogP contribution in [0.1, 0.15) is 59.7 Å². The van der Waals surface area contributed by atoms with E-state index in [1.807, 2.05) is 12.1 Å². The summed E-state index contributed by atoms with van der Waals surface area (Å²) in [5.41, 5.74) is 1.52. The average molecular weight is 496 g/mol. The van der Waals surface area contributed by atoms with Crippen LogP contribution in [0.5, 0.6) is 17.2 Å². The second-order valence-corrected chi connectivity index (χ2v) is 9.47. The van der Waals surface area contributed by atoms with Crippen LogP contribution in [0, 0.1) is 0 Å². The van der Waals surface area contributed by atoms with Crippen molar-refractivity contribution in [3.05, 3.63) is 47.5 Å². The number of rotatable bonds is 10. The highest BCUT2D eigenvalue weighted by Crippen LogP contribution is 2.38. The molecule has 0 unspecified atom stereocenters. The summed E-state index contributed by atoms with van der Waals surface area (Å²) in [4.78, 5) is 31.3. The number of ether oxygens (including phenoxy) is 3. The molecule has 36 heavy (non-hydrogen) atoms. The maximum Gasteiger partial charge on any atom is 0.255 e. The van der Waals surface area contributed by atoms with Gasteiger partial charge in [0.15, 0.2) is 11.5 Å². The Kier molecular flexibility index (Phi) is 8.36. The first-order valence-electron chi connectivity index (χ1n) is 12.8. The third-order valence-corrected chi connectivity index (χ3v) is 6.96. The number of likely N-dealkylation sites (tertiary alicyclic amines) is 1. The first-order valence-corrected chi connectivity index (χ1v) is 12.8. The Morgan fingerprint density at radius 3 is 2.11 bits per heavy atom. The number of anilines is 1. The van der Waals surface area contributed by atoms with E-state index in [1.165, 1.54) is 21.3 Å². The number of piperidine rings is 1. The molecule has 0 bridgehead atoms.